The SMILES string of the molecule is COCCCn1cc(CN(C(=O)[C@@H]2C[C@H](C(=O)NC(CO)Cc3ccccc3)CN(C(=O)OC(C)(C)C)C2)C2CC2)c2ccc#cc21. The van der Waals surface area contributed by atoms with Gasteiger partial charge >= 0.3 is 6.09 Å². The highest BCUT2D eigenvalue weighted by Gasteiger charge is 2.43. The summed E-state index contributed by atoms with van der Waals surface area (Å²) in [6, 6.07) is 19.4. The number of hydrogen-bond donors (Lipinski definition) is 2. The number of methoxy groups -OCH3 is 1. The first-order valence-corrected chi connectivity index (χ1v) is 16.7. The fourth-order valence-corrected chi connectivity index (χ4v) is 6.38. The second kappa shape index (κ2) is 15.2. The molecule has 1 saturated carbocycles. The average molecular weight is 645 g/mol. The van der Waals surface area contributed by atoms with Crippen LogP contribution in [0.2, 0.25) is 0 Å². The maximum atomic E-state index is 14.4. The summed E-state index contributed by atoms with van der Waals surface area (Å²) in [5.74, 6) is -1.56. The molecule has 2 N–H and O–H groups in total. The standard InChI is InChI=1S/C37H48N4O6/c1-37(2,3)47-36(45)40-21-27(34(43)38-30(25-42)19-26-11-6-5-7-12-26)20-28(22-40)35(44)41(31-15-16-31)24-29-23-39(17-10-18-46-4)33-14-9-8-13-32(29)33/h5-8,11-13,23,27-28,30-31,42H,10,15-22,24-25H2,1-4H3,(H,38,43)/t27-,28+,30?/m0/s1. The van der Waals surface area contributed by atoms with Crippen LogP contribution >= 0.6 is 0 Å². The number of carbonyl (C=O) groups excluding carboxylic acids is 3. The van der Waals surface area contributed by atoms with E-state index in [-0.39, 0.29) is 37.6 Å². The van der Waals surface area contributed by atoms with Crippen LogP contribution in [0.1, 0.15) is 57.6 Å². The lowest BCUT2D eigenvalue weighted by Crippen LogP contribution is -2.54. The lowest BCUT2D eigenvalue weighted by molar-refractivity contribution is -0.140. The number of amides is 3. The summed E-state index contributed by atoms with van der Waals surface area (Å²) in [5, 5.41) is 14.1. The number of piperidine rings is 1. The van der Waals surface area contributed by atoms with Crippen LogP contribution in [0.25, 0.3) is 10.9 Å². The molecule has 5 rings (SSSR count). The van der Waals surface area contributed by atoms with Crippen molar-refractivity contribution >= 4 is 28.8 Å². The Labute approximate surface area is 278 Å². The second-order valence-electron chi connectivity index (χ2n) is 13.8. The highest BCUT2D eigenvalue weighted by atomic mass is 16.6. The molecule has 2 heterocycles. The molecule has 3 atom stereocenters. The highest BCUT2D eigenvalue weighted by molar-refractivity contribution is 5.86. The zero-order valence-corrected chi connectivity index (χ0v) is 28.0. The number of likely N-dealkylation sites (tertiary alicyclic amines) is 1. The van der Waals surface area contributed by atoms with Crippen LogP contribution < -0.4 is 5.32 Å². The molecule has 0 radical (unpaired) electrons. The topological polar surface area (TPSA) is 113 Å². The molecule has 1 aliphatic heterocycles. The quantitative estimate of drug-likeness (QED) is 0.268. The summed E-state index contributed by atoms with van der Waals surface area (Å²) in [6.07, 6.45) is 5.02. The van der Waals surface area contributed by atoms with Gasteiger partial charge in [-0.1, -0.05) is 36.4 Å². The minimum atomic E-state index is -0.727. The molecule has 2 aliphatic rings. The van der Waals surface area contributed by atoms with Gasteiger partial charge in [0.15, 0.2) is 0 Å². The van der Waals surface area contributed by atoms with Gasteiger partial charge in [-0.15, -0.1) is 0 Å². The van der Waals surface area contributed by atoms with Gasteiger partial charge in [-0.2, -0.15) is 0 Å². The van der Waals surface area contributed by atoms with Gasteiger partial charge in [-0.05, 0) is 82.2 Å². The predicted octanol–water partition coefficient (Wildman–Crippen LogP) is 4.36. The van der Waals surface area contributed by atoms with Crippen LogP contribution in [-0.2, 0) is 38.6 Å². The van der Waals surface area contributed by atoms with Crippen molar-refractivity contribution in [2.24, 2.45) is 11.8 Å². The van der Waals surface area contributed by atoms with E-state index in [1.165, 1.54) is 4.90 Å². The first kappa shape index (κ1) is 34.3. The van der Waals surface area contributed by atoms with E-state index >= 15 is 0 Å². The Morgan fingerprint density at radius 1 is 1.11 bits per heavy atom. The second-order valence-corrected chi connectivity index (χ2v) is 13.8. The smallest absolute Gasteiger partial charge is 0.410 e. The molecule has 1 unspecified atom stereocenters. The fraction of sp³-hybridized carbons (Fsp3) is 0.541. The van der Waals surface area contributed by atoms with Crippen LogP contribution in [0, 0.1) is 24.0 Å². The number of nitrogens with one attached hydrogen (secondary N) is 1. The van der Waals surface area contributed by atoms with Gasteiger partial charge in [0.2, 0.25) is 11.8 Å². The molecule has 2 aromatic carbocycles. The first-order valence-electron chi connectivity index (χ1n) is 16.7. The van der Waals surface area contributed by atoms with E-state index in [9.17, 15) is 19.5 Å². The van der Waals surface area contributed by atoms with Crippen molar-refractivity contribution in [1.82, 2.24) is 19.7 Å². The van der Waals surface area contributed by atoms with Gasteiger partial charge in [0, 0.05) is 57.5 Å². The van der Waals surface area contributed by atoms with Crippen LogP contribution in [0.4, 0.5) is 4.79 Å². The van der Waals surface area contributed by atoms with E-state index < -0.39 is 29.6 Å². The Bertz CT molecular complexity index is 1510. The highest BCUT2D eigenvalue weighted by Crippen LogP contribution is 2.34. The number of carbonyl (C=O) groups is 3. The minimum absolute atomic E-state index is 0.0618. The molecule has 0 spiro atoms. The summed E-state index contributed by atoms with van der Waals surface area (Å²) in [6.45, 7) is 7.32. The zero-order chi connectivity index (χ0) is 33.6. The van der Waals surface area contributed by atoms with Gasteiger partial charge in [0.25, 0.3) is 0 Å². The van der Waals surface area contributed by atoms with E-state index in [0.29, 0.717) is 26.0 Å². The molecule has 10 nitrogen and oxygen atoms in total. The minimum Gasteiger partial charge on any atom is -0.444 e. The lowest BCUT2D eigenvalue weighted by atomic mass is 9.87. The van der Waals surface area contributed by atoms with Crippen molar-refractivity contribution in [2.45, 2.75) is 83.6 Å². The maximum Gasteiger partial charge on any atom is 0.410 e. The van der Waals surface area contributed by atoms with Crippen molar-refractivity contribution in [1.29, 1.82) is 0 Å². The van der Waals surface area contributed by atoms with Gasteiger partial charge in [-0.3, -0.25) is 9.59 Å². The normalized spacial score (nSPS) is 18.8. The number of aromatic nitrogens is 1. The van der Waals surface area contributed by atoms with Gasteiger partial charge < -0.3 is 34.3 Å². The molecule has 10 heteroatoms. The van der Waals surface area contributed by atoms with E-state index in [1.807, 2.05) is 47.4 Å². The summed E-state index contributed by atoms with van der Waals surface area (Å²) < 4.78 is 13.1. The lowest BCUT2D eigenvalue weighted by Gasteiger charge is -2.39. The third kappa shape index (κ3) is 9.05. The third-order valence-corrected chi connectivity index (χ3v) is 8.80. The predicted molar refractivity (Wildman–Crippen MR) is 178 cm³/mol. The van der Waals surface area contributed by atoms with Crippen molar-refractivity contribution in [3.05, 3.63) is 71.9 Å². The molecule has 0 bridgehead atoms. The first-order chi connectivity index (χ1) is 22.6. The molecule has 1 aromatic heterocycles. The van der Waals surface area contributed by atoms with E-state index in [4.69, 9.17) is 9.47 Å². The van der Waals surface area contributed by atoms with Crippen LogP contribution in [0.15, 0.2) is 48.7 Å². The molecule has 3 aromatic rings. The number of benzene rings is 1. The van der Waals surface area contributed by atoms with Gasteiger partial charge in [0.05, 0.1) is 30.0 Å². The number of ether oxygens (including phenoxy) is 2. The fourth-order valence-electron chi connectivity index (χ4n) is 6.38. The molecule has 1 aliphatic carbocycles. The Kier molecular flexibility index (Phi) is 11.1. The number of aliphatic hydroxyl groups excluding tert-OH is 1. The largest absolute Gasteiger partial charge is 0.444 e. The molecule has 1 saturated heterocycles. The monoisotopic (exact) mass is 644 g/mol. The van der Waals surface area contributed by atoms with E-state index in [2.05, 4.69) is 28.2 Å². The number of aryl methyl sites for hydroxylation is 1. The van der Waals surface area contributed by atoms with Crippen molar-refractivity contribution < 1.29 is 29.0 Å². The van der Waals surface area contributed by atoms with Crippen LogP contribution in [0.3, 0.4) is 0 Å². The summed E-state index contributed by atoms with van der Waals surface area (Å²) in [7, 11) is 1.69. The summed E-state index contributed by atoms with van der Waals surface area (Å²) in [4.78, 5) is 44.9. The average Bonchev–Trinajstić information content (AvgIpc) is 3.84. The number of hydrogen-bond acceptors (Lipinski definition) is 6. The molecule has 47 heavy (non-hydrogen) atoms. The van der Waals surface area contributed by atoms with Crippen molar-refractivity contribution in [2.75, 3.05) is 33.4 Å². The summed E-state index contributed by atoms with van der Waals surface area (Å²) in [5.41, 5.74) is 2.25. The Morgan fingerprint density at radius 3 is 2.53 bits per heavy atom. The van der Waals surface area contributed by atoms with Gasteiger partial charge in [0.1, 0.15) is 5.60 Å². The van der Waals surface area contributed by atoms with Crippen molar-refractivity contribution in [3.8, 4) is 0 Å². The van der Waals surface area contributed by atoms with E-state index in [0.717, 1.165) is 47.8 Å². The summed E-state index contributed by atoms with van der Waals surface area (Å²) >= 11 is 0. The molecule has 3 amide bonds. The van der Waals surface area contributed by atoms with Crippen molar-refractivity contribution in [3.63, 3.8) is 0 Å². The number of nitrogens with zero attached hydrogens (tertiary/aromatic N) is 3. The zero-order valence-electron chi connectivity index (χ0n) is 28.0. The van der Waals surface area contributed by atoms with E-state index in [1.54, 1.807) is 27.9 Å². The van der Waals surface area contributed by atoms with Gasteiger partial charge in [-0.25, -0.2) is 4.79 Å². The van der Waals surface area contributed by atoms with Crippen LogP contribution in [-0.4, -0.2) is 88.5 Å². The molecular formula is C37H48N4O6. The molecule has 252 valence electrons. The number of aliphatic hydroxyl groups is 1. The maximum absolute atomic E-state index is 14.4. The van der Waals surface area contributed by atoms with Crippen LogP contribution in [0.5, 0.6) is 0 Å². The number of rotatable bonds is 13. The number of fused-ring (bicyclic) bond motifs is 1. The molecular weight excluding hydrogens is 596 g/mol. The Hall–Kier alpha value is -4.07. The molecule has 2 fully saturated rings. The third-order valence-electron chi connectivity index (χ3n) is 8.80. The Morgan fingerprint density at radius 2 is 1.85 bits per heavy atom. The Balaban J connectivity index is 1.36.